The molecule has 0 spiro atoms. The maximum atomic E-state index is 12.7. The Morgan fingerprint density at radius 1 is 1.03 bits per heavy atom. The molecule has 0 fully saturated rings. The van der Waals surface area contributed by atoms with Crippen LogP contribution in [-0.2, 0) is 4.74 Å². The molecule has 6 nitrogen and oxygen atoms in total. The Morgan fingerprint density at radius 3 is 2.59 bits per heavy atom. The fourth-order valence-corrected chi connectivity index (χ4v) is 3.59. The van der Waals surface area contributed by atoms with Gasteiger partial charge in [-0.15, -0.1) is 0 Å². The maximum absolute atomic E-state index is 12.7. The van der Waals surface area contributed by atoms with E-state index in [1.807, 2.05) is 36.6 Å². The van der Waals surface area contributed by atoms with Gasteiger partial charge in [0.1, 0.15) is 0 Å². The van der Waals surface area contributed by atoms with Gasteiger partial charge in [0.05, 0.1) is 10.6 Å². The molecule has 0 atom stereocenters. The van der Waals surface area contributed by atoms with Crippen LogP contribution in [0.25, 0.3) is 5.69 Å². The second-order valence-corrected chi connectivity index (χ2v) is 7.04. The van der Waals surface area contributed by atoms with Crippen LogP contribution in [0, 0.1) is 13.8 Å². The highest BCUT2D eigenvalue weighted by Gasteiger charge is 2.21. The first-order valence-corrected chi connectivity index (χ1v) is 9.37. The Balaban J connectivity index is 1.54. The Morgan fingerprint density at radius 2 is 1.79 bits per heavy atom. The van der Waals surface area contributed by atoms with E-state index in [1.54, 1.807) is 30.3 Å². The van der Waals surface area contributed by atoms with E-state index in [0.29, 0.717) is 17.1 Å². The van der Waals surface area contributed by atoms with Crippen molar-refractivity contribution in [2.24, 2.45) is 0 Å². The van der Waals surface area contributed by atoms with Crippen LogP contribution in [0.4, 0.5) is 0 Å². The molecule has 2 aromatic carbocycles. The molecule has 0 saturated carbocycles. The summed E-state index contributed by atoms with van der Waals surface area (Å²) >= 11 is 6.00. The van der Waals surface area contributed by atoms with Crippen LogP contribution in [0.2, 0.25) is 5.02 Å². The zero-order valence-electron chi connectivity index (χ0n) is 15.9. The molecular formula is C22H18ClNO5. The minimum Gasteiger partial charge on any atom is -0.454 e. The summed E-state index contributed by atoms with van der Waals surface area (Å²) in [6.07, 6.45) is 0. The summed E-state index contributed by atoms with van der Waals surface area (Å²) in [5.41, 5.74) is 3.21. The Bertz CT molecular complexity index is 1120. The SMILES string of the molecule is Cc1cc(C(=O)COC(=O)c2ccccc2Cl)c(C)n1-c1ccc2c(c1)OCO2. The van der Waals surface area contributed by atoms with Gasteiger partial charge < -0.3 is 18.8 Å². The van der Waals surface area contributed by atoms with Gasteiger partial charge in [-0.1, -0.05) is 23.7 Å². The number of Topliss-reactive ketones (excluding diaryl/α,β-unsaturated/α-hetero) is 1. The van der Waals surface area contributed by atoms with Crippen molar-refractivity contribution < 1.29 is 23.8 Å². The van der Waals surface area contributed by atoms with E-state index in [1.165, 1.54) is 0 Å². The van der Waals surface area contributed by atoms with Gasteiger partial charge in [-0.25, -0.2) is 4.79 Å². The number of carbonyl (C=O) groups excluding carboxylic acids is 2. The molecule has 3 aromatic rings. The van der Waals surface area contributed by atoms with Gasteiger partial charge in [-0.05, 0) is 44.2 Å². The molecule has 2 heterocycles. The van der Waals surface area contributed by atoms with Crippen molar-refractivity contribution in [1.29, 1.82) is 0 Å². The van der Waals surface area contributed by atoms with Crippen molar-refractivity contribution in [2.45, 2.75) is 13.8 Å². The van der Waals surface area contributed by atoms with E-state index >= 15 is 0 Å². The minimum absolute atomic E-state index is 0.197. The average Bonchev–Trinajstić information content (AvgIpc) is 3.29. The van der Waals surface area contributed by atoms with Crippen molar-refractivity contribution in [2.75, 3.05) is 13.4 Å². The number of hydrogen-bond acceptors (Lipinski definition) is 5. The zero-order valence-corrected chi connectivity index (χ0v) is 16.7. The summed E-state index contributed by atoms with van der Waals surface area (Å²) in [5, 5.41) is 0.283. The third-order valence-electron chi connectivity index (χ3n) is 4.77. The first-order valence-electron chi connectivity index (χ1n) is 8.99. The van der Waals surface area contributed by atoms with Crippen LogP contribution in [0.15, 0.2) is 48.5 Å². The van der Waals surface area contributed by atoms with Gasteiger partial charge in [0.25, 0.3) is 0 Å². The van der Waals surface area contributed by atoms with E-state index in [-0.39, 0.29) is 29.8 Å². The molecule has 0 saturated heterocycles. The Labute approximate surface area is 172 Å². The van der Waals surface area contributed by atoms with Gasteiger partial charge in [0, 0.05) is 28.7 Å². The maximum Gasteiger partial charge on any atom is 0.340 e. The molecule has 7 heteroatoms. The summed E-state index contributed by atoms with van der Waals surface area (Å²) in [5.74, 6) is 0.439. The standard InChI is InChI=1S/C22H18ClNO5/c1-13-9-17(19(25)11-27-22(26)16-5-3-4-6-18(16)23)14(2)24(13)15-7-8-20-21(10-15)29-12-28-20/h3-10H,11-12H2,1-2H3. The zero-order chi connectivity index (χ0) is 20.5. The molecule has 148 valence electrons. The molecule has 29 heavy (non-hydrogen) atoms. The molecule has 0 radical (unpaired) electrons. The van der Waals surface area contributed by atoms with Crippen molar-refractivity contribution in [1.82, 2.24) is 4.57 Å². The first kappa shape index (κ1) is 19.1. The molecule has 0 aliphatic carbocycles. The predicted molar refractivity (Wildman–Crippen MR) is 107 cm³/mol. The lowest BCUT2D eigenvalue weighted by Crippen LogP contribution is -2.15. The molecule has 4 rings (SSSR count). The van der Waals surface area contributed by atoms with Crippen LogP contribution < -0.4 is 9.47 Å². The molecule has 0 bridgehead atoms. The van der Waals surface area contributed by atoms with Crippen molar-refractivity contribution >= 4 is 23.4 Å². The molecule has 1 aromatic heterocycles. The number of nitrogens with zero attached hydrogens (tertiary/aromatic N) is 1. The van der Waals surface area contributed by atoms with Crippen LogP contribution in [0.1, 0.15) is 32.1 Å². The third kappa shape index (κ3) is 3.59. The second kappa shape index (κ2) is 7.64. The van der Waals surface area contributed by atoms with Gasteiger partial charge >= 0.3 is 5.97 Å². The Hall–Kier alpha value is -3.25. The van der Waals surface area contributed by atoms with E-state index < -0.39 is 5.97 Å². The van der Waals surface area contributed by atoms with Gasteiger partial charge in [0.15, 0.2) is 18.1 Å². The number of aromatic nitrogens is 1. The molecule has 1 aliphatic rings. The number of benzene rings is 2. The molecule has 0 amide bonds. The number of fused-ring (bicyclic) bond motifs is 1. The van der Waals surface area contributed by atoms with Crippen LogP contribution in [-0.4, -0.2) is 29.7 Å². The van der Waals surface area contributed by atoms with E-state index in [9.17, 15) is 9.59 Å². The predicted octanol–water partition coefficient (Wildman–Crippen LogP) is 4.52. The van der Waals surface area contributed by atoms with Gasteiger partial charge in [-0.3, -0.25) is 4.79 Å². The highest BCUT2D eigenvalue weighted by Crippen LogP contribution is 2.35. The highest BCUT2D eigenvalue weighted by molar-refractivity contribution is 6.33. The average molecular weight is 412 g/mol. The third-order valence-corrected chi connectivity index (χ3v) is 5.10. The number of hydrogen-bond donors (Lipinski definition) is 0. The number of aryl methyl sites for hydroxylation is 1. The lowest BCUT2D eigenvalue weighted by atomic mass is 10.1. The first-order chi connectivity index (χ1) is 14.0. The van der Waals surface area contributed by atoms with Crippen LogP contribution >= 0.6 is 11.6 Å². The largest absolute Gasteiger partial charge is 0.454 e. The number of carbonyl (C=O) groups is 2. The van der Waals surface area contributed by atoms with Crippen molar-refractivity contribution in [3.05, 3.63) is 76.1 Å². The molecule has 0 N–H and O–H groups in total. The smallest absolute Gasteiger partial charge is 0.340 e. The fourth-order valence-electron chi connectivity index (χ4n) is 3.38. The van der Waals surface area contributed by atoms with Gasteiger partial charge in [-0.2, -0.15) is 0 Å². The summed E-state index contributed by atoms with van der Waals surface area (Å²) in [6.45, 7) is 3.59. The highest BCUT2D eigenvalue weighted by atomic mass is 35.5. The number of ether oxygens (including phenoxy) is 3. The van der Waals surface area contributed by atoms with Crippen molar-refractivity contribution in [3.8, 4) is 17.2 Å². The van der Waals surface area contributed by atoms with Crippen LogP contribution in [0.3, 0.4) is 0 Å². The number of rotatable bonds is 5. The summed E-state index contributed by atoms with van der Waals surface area (Å²) in [4.78, 5) is 24.9. The van der Waals surface area contributed by atoms with Crippen molar-refractivity contribution in [3.63, 3.8) is 0 Å². The summed E-state index contributed by atoms with van der Waals surface area (Å²) in [6, 6.07) is 13.9. The number of esters is 1. The minimum atomic E-state index is -0.631. The Kier molecular flexibility index (Phi) is 5.03. The van der Waals surface area contributed by atoms with Gasteiger partial charge in [0.2, 0.25) is 12.6 Å². The number of ketones is 1. The lowest BCUT2D eigenvalue weighted by Gasteiger charge is -2.11. The summed E-state index contributed by atoms with van der Waals surface area (Å²) in [7, 11) is 0. The fraction of sp³-hybridized carbons (Fsp3) is 0.182. The topological polar surface area (TPSA) is 66.8 Å². The second-order valence-electron chi connectivity index (χ2n) is 6.64. The van der Waals surface area contributed by atoms with Crippen LogP contribution in [0.5, 0.6) is 11.5 Å². The van der Waals surface area contributed by atoms with E-state index in [0.717, 1.165) is 17.1 Å². The quantitative estimate of drug-likeness (QED) is 0.456. The summed E-state index contributed by atoms with van der Waals surface area (Å²) < 4.78 is 17.9. The molecule has 1 aliphatic heterocycles. The number of halogens is 1. The molecule has 0 unspecified atom stereocenters. The molecular weight excluding hydrogens is 394 g/mol. The normalized spacial score (nSPS) is 12.1. The van der Waals surface area contributed by atoms with E-state index in [4.69, 9.17) is 25.8 Å². The van der Waals surface area contributed by atoms with E-state index in [2.05, 4.69) is 0 Å². The monoisotopic (exact) mass is 411 g/mol. The lowest BCUT2D eigenvalue weighted by molar-refractivity contribution is 0.0474.